The van der Waals surface area contributed by atoms with Crippen molar-refractivity contribution < 1.29 is 9.00 Å². The first-order valence-corrected chi connectivity index (χ1v) is 11.1. The van der Waals surface area contributed by atoms with Gasteiger partial charge in [-0.2, -0.15) is 0 Å². The summed E-state index contributed by atoms with van der Waals surface area (Å²) in [4.78, 5) is 20.6. The number of amides is 1. The summed E-state index contributed by atoms with van der Waals surface area (Å²) >= 11 is 1.68. The molecule has 0 aliphatic carbocycles. The SMILES string of the molecule is C[S@](=O)c1ccc(C(=O)N2CCCC[C@H]2c2nc3ccccc3s2)cc1. The van der Waals surface area contributed by atoms with Gasteiger partial charge in [0.05, 0.1) is 16.3 Å². The van der Waals surface area contributed by atoms with Gasteiger partial charge >= 0.3 is 0 Å². The van der Waals surface area contributed by atoms with Gasteiger partial charge in [0.2, 0.25) is 0 Å². The molecule has 0 N–H and O–H groups in total. The normalized spacial score (nSPS) is 18.8. The van der Waals surface area contributed by atoms with Crippen LogP contribution in [0.25, 0.3) is 10.2 Å². The molecule has 4 nitrogen and oxygen atoms in total. The van der Waals surface area contributed by atoms with E-state index in [0.717, 1.165) is 45.9 Å². The highest BCUT2D eigenvalue weighted by atomic mass is 32.2. The van der Waals surface area contributed by atoms with Crippen LogP contribution in [-0.2, 0) is 10.8 Å². The van der Waals surface area contributed by atoms with Gasteiger partial charge in [0.15, 0.2) is 0 Å². The van der Waals surface area contributed by atoms with E-state index >= 15 is 0 Å². The fourth-order valence-corrected chi connectivity index (χ4v) is 5.05. The minimum atomic E-state index is -1.03. The van der Waals surface area contributed by atoms with Crippen LogP contribution in [0.1, 0.15) is 40.7 Å². The Morgan fingerprint density at radius 3 is 2.65 bits per heavy atom. The average Bonchev–Trinajstić information content (AvgIpc) is 3.11. The lowest BCUT2D eigenvalue weighted by atomic mass is 10.0. The molecule has 1 saturated heterocycles. The topological polar surface area (TPSA) is 50.3 Å². The Morgan fingerprint density at radius 2 is 1.92 bits per heavy atom. The number of hydrogen-bond donors (Lipinski definition) is 0. The third kappa shape index (κ3) is 3.31. The molecule has 26 heavy (non-hydrogen) atoms. The minimum Gasteiger partial charge on any atom is -0.329 e. The summed E-state index contributed by atoms with van der Waals surface area (Å²) in [5.74, 6) is 0.0300. The minimum absolute atomic E-state index is 0.0300. The van der Waals surface area contributed by atoms with Gasteiger partial charge in [0.25, 0.3) is 5.91 Å². The predicted molar refractivity (Wildman–Crippen MR) is 106 cm³/mol. The van der Waals surface area contributed by atoms with Crippen LogP contribution in [0, 0.1) is 0 Å². The van der Waals surface area contributed by atoms with E-state index < -0.39 is 10.8 Å². The molecule has 1 amide bonds. The average molecular weight is 385 g/mol. The van der Waals surface area contributed by atoms with Crippen molar-refractivity contribution in [2.75, 3.05) is 12.8 Å². The number of hydrogen-bond acceptors (Lipinski definition) is 4. The summed E-state index contributed by atoms with van der Waals surface area (Å²) < 4.78 is 12.7. The number of thiazole rings is 1. The Hall–Kier alpha value is -2.05. The molecule has 3 aromatic rings. The number of benzene rings is 2. The van der Waals surface area contributed by atoms with Crippen LogP contribution >= 0.6 is 11.3 Å². The van der Waals surface area contributed by atoms with Crippen LogP contribution in [0.5, 0.6) is 0 Å². The van der Waals surface area contributed by atoms with Gasteiger partial charge in [0, 0.05) is 34.1 Å². The number of aromatic nitrogens is 1. The lowest BCUT2D eigenvalue weighted by Gasteiger charge is -2.34. The number of carbonyl (C=O) groups excluding carboxylic acids is 1. The van der Waals surface area contributed by atoms with Crippen LogP contribution in [0.2, 0.25) is 0 Å². The molecule has 0 saturated carbocycles. The number of nitrogens with zero attached hydrogens (tertiary/aromatic N) is 2. The van der Waals surface area contributed by atoms with E-state index in [1.54, 1.807) is 41.9 Å². The zero-order valence-corrected chi connectivity index (χ0v) is 16.2. The molecular weight excluding hydrogens is 364 g/mol. The number of carbonyl (C=O) groups is 1. The van der Waals surface area contributed by atoms with Crippen molar-refractivity contribution in [2.45, 2.75) is 30.2 Å². The Kier molecular flexibility index (Phi) is 4.87. The first-order valence-electron chi connectivity index (χ1n) is 8.73. The summed E-state index contributed by atoms with van der Waals surface area (Å²) in [5, 5.41) is 1.02. The fourth-order valence-electron chi connectivity index (χ4n) is 3.42. The zero-order chi connectivity index (χ0) is 18.1. The summed E-state index contributed by atoms with van der Waals surface area (Å²) in [6.45, 7) is 0.751. The zero-order valence-electron chi connectivity index (χ0n) is 14.6. The monoisotopic (exact) mass is 384 g/mol. The maximum absolute atomic E-state index is 13.1. The van der Waals surface area contributed by atoms with Crippen LogP contribution < -0.4 is 0 Å². The molecule has 0 radical (unpaired) electrons. The second-order valence-electron chi connectivity index (χ2n) is 6.51. The van der Waals surface area contributed by atoms with Gasteiger partial charge in [0.1, 0.15) is 5.01 Å². The summed E-state index contributed by atoms with van der Waals surface area (Å²) in [6, 6.07) is 15.3. The van der Waals surface area contributed by atoms with Gasteiger partial charge in [-0.25, -0.2) is 4.98 Å². The Morgan fingerprint density at radius 1 is 1.15 bits per heavy atom. The second-order valence-corrected chi connectivity index (χ2v) is 8.95. The fraction of sp³-hybridized carbons (Fsp3) is 0.300. The quantitative estimate of drug-likeness (QED) is 0.672. The molecule has 6 heteroatoms. The lowest BCUT2D eigenvalue weighted by Crippen LogP contribution is -2.38. The van der Waals surface area contributed by atoms with Crippen molar-refractivity contribution in [1.29, 1.82) is 0 Å². The predicted octanol–water partition coefficient (Wildman–Crippen LogP) is 4.40. The lowest BCUT2D eigenvalue weighted by molar-refractivity contribution is 0.0611. The van der Waals surface area contributed by atoms with Crippen molar-refractivity contribution in [3.8, 4) is 0 Å². The molecule has 0 spiro atoms. The van der Waals surface area contributed by atoms with Gasteiger partial charge in [-0.3, -0.25) is 9.00 Å². The molecule has 0 unspecified atom stereocenters. The van der Waals surface area contributed by atoms with Crippen LogP contribution in [0.4, 0.5) is 0 Å². The summed E-state index contributed by atoms with van der Waals surface area (Å²) in [5.41, 5.74) is 1.65. The van der Waals surface area contributed by atoms with Gasteiger partial charge in [-0.15, -0.1) is 11.3 Å². The summed E-state index contributed by atoms with van der Waals surface area (Å²) in [7, 11) is -1.03. The van der Waals surface area contributed by atoms with Crippen LogP contribution in [-0.4, -0.2) is 32.8 Å². The highest BCUT2D eigenvalue weighted by Crippen LogP contribution is 2.36. The Labute approximate surface area is 159 Å². The third-order valence-corrected chi connectivity index (χ3v) is 6.87. The molecule has 1 fully saturated rings. The number of piperidine rings is 1. The van der Waals surface area contributed by atoms with E-state index in [4.69, 9.17) is 4.98 Å². The Balaban J connectivity index is 1.64. The van der Waals surface area contributed by atoms with E-state index in [0.29, 0.717) is 5.56 Å². The van der Waals surface area contributed by atoms with E-state index in [9.17, 15) is 9.00 Å². The van der Waals surface area contributed by atoms with E-state index in [2.05, 4.69) is 6.07 Å². The van der Waals surface area contributed by atoms with Crippen molar-refractivity contribution >= 4 is 38.3 Å². The van der Waals surface area contributed by atoms with E-state index in [1.807, 2.05) is 23.1 Å². The molecule has 1 aliphatic rings. The maximum Gasteiger partial charge on any atom is 0.254 e. The molecule has 4 rings (SSSR count). The van der Waals surface area contributed by atoms with Gasteiger partial charge < -0.3 is 4.90 Å². The molecule has 2 atom stereocenters. The maximum atomic E-state index is 13.1. The molecule has 134 valence electrons. The van der Waals surface area contributed by atoms with Gasteiger partial charge in [-0.1, -0.05) is 12.1 Å². The van der Waals surface area contributed by atoms with E-state index in [1.165, 1.54) is 0 Å². The Bertz CT molecular complexity index is 932. The van der Waals surface area contributed by atoms with Gasteiger partial charge in [-0.05, 0) is 55.7 Å². The van der Waals surface area contributed by atoms with Crippen LogP contribution in [0.15, 0.2) is 53.4 Å². The van der Waals surface area contributed by atoms with Crippen LogP contribution in [0.3, 0.4) is 0 Å². The molecule has 2 aromatic carbocycles. The number of fused-ring (bicyclic) bond motifs is 1. The van der Waals surface area contributed by atoms with Crippen molar-refractivity contribution in [2.24, 2.45) is 0 Å². The highest BCUT2D eigenvalue weighted by molar-refractivity contribution is 7.84. The molecule has 2 heterocycles. The highest BCUT2D eigenvalue weighted by Gasteiger charge is 2.30. The second kappa shape index (κ2) is 7.29. The number of rotatable bonds is 3. The molecule has 0 bridgehead atoms. The number of likely N-dealkylation sites (tertiary alicyclic amines) is 1. The van der Waals surface area contributed by atoms with Crippen molar-refractivity contribution in [1.82, 2.24) is 9.88 Å². The van der Waals surface area contributed by atoms with Crippen molar-refractivity contribution in [3.63, 3.8) is 0 Å². The largest absolute Gasteiger partial charge is 0.329 e. The molecule has 1 aliphatic heterocycles. The summed E-state index contributed by atoms with van der Waals surface area (Å²) in [6.07, 6.45) is 4.72. The number of para-hydroxylation sites is 1. The first-order chi connectivity index (χ1) is 12.6. The smallest absolute Gasteiger partial charge is 0.254 e. The standard InChI is InChI=1S/C20H20N2O2S2/c1-26(24)15-11-9-14(10-12-15)20(23)22-13-5-4-7-17(22)19-21-16-6-2-3-8-18(16)25-19/h2-3,6,8-12,17H,4-5,7,13H2,1H3/t17-,26-/m0/s1. The molecule has 1 aromatic heterocycles. The van der Waals surface area contributed by atoms with Crippen molar-refractivity contribution in [3.05, 3.63) is 59.1 Å². The first kappa shape index (κ1) is 17.4. The van der Waals surface area contributed by atoms with E-state index in [-0.39, 0.29) is 11.9 Å². The molecular formula is C20H20N2O2S2. The third-order valence-electron chi connectivity index (χ3n) is 4.79.